The first-order valence-electron chi connectivity index (χ1n) is 10.7. The Labute approximate surface area is 166 Å². The molecule has 3 saturated carbocycles. The zero-order chi connectivity index (χ0) is 19.7. The topological polar surface area (TPSA) is 93.5 Å². The Kier molecular flexibility index (Phi) is 4.20. The van der Waals surface area contributed by atoms with E-state index in [1.54, 1.807) is 12.5 Å². The number of likely N-dealkylation sites (tertiary alicyclic amines) is 1. The summed E-state index contributed by atoms with van der Waals surface area (Å²) >= 11 is 0. The molecule has 152 valence electrons. The molecule has 5 fully saturated rings. The van der Waals surface area contributed by atoms with Crippen molar-refractivity contribution in [1.82, 2.24) is 14.9 Å². The molecule has 28 heavy (non-hydrogen) atoms. The Morgan fingerprint density at radius 2 is 2.32 bits per heavy atom. The van der Waals surface area contributed by atoms with Crippen LogP contribution in [0, 0.1) is 17.3 Å². The summed E-state index contributed by atoms with van der Waals surface area (Å²) in [6.07, 6.45) is 8.10. The summed E-state index contributed by atoms with van der Waals surface area (Å²) in [4.78, 5) is 22.0. The maximum atomic E-state index is 13.1. The molecule has 3 heterocycles. The predicted molar refractivity (Wildman–Crippen MR) is 105 cm³/mol. The van der Waals surface area contributed by atoms with Crippen molar-refractivity contribution in [3.8, 4) is 0 Å². The molecule has 8 heteroatoms. The summed E-state index contributed by atoms with van der Waals surface area (Å²) in [5.41, 5.74) is 7.23. The van der Waals surface area contributed by atoms with Gasteiger partial charge in [0.1, 0.15) is 0 Å². The minimum absolute atomic E-state index is 0.0195. The van der Waals surface area contributed by atoms with Crippen LogP contribution in [0.2, 0.25) is 0 Å². The van der Waals surface area contributed by atoms with E-state index < -0.39 is 6.04 Å². The van der Waals surface area contributed by atoms with E-state index in [9.17, 15) is 4.79 Å². The highest BCUT2D eigenvalue weighted by Crippen LogP contribution is 2.64. The van der Waals surface area contributed by atoms with Crippen molar-refractivity contribution in [2.75, 3.05) is 6.54 Å². The molecule has 2 saturated heterocycles. The van der Waals surface area contributed by atoms with E-state index in [1.165, 1.54) is 6.42 Å². The maximum Gasteiger partial charge on any atom is 0.481 e. The Morgan fingerprint density at radius 3 is 3.04 bits per heavy atom. The quantitative estimate of drug-likeness (QED) is 0.766. The van der Waals surface area contributed by atoms with Gasteiger partial charge in [-0.1, -0.05) is 13.8 Å². The summed E-state index contributed by atoms with van der Waals surface area (Å²) in [6, 6.07) is -0.577. The molecule has 2 bridgehead atoms. The van der Waals surface area contributed by atoms with Gasteiger partial charge in [0.15, 0.2) is 0 Å². The molecule has 7 nitrogen and oxygen atoms in total. The zero-order valence-electron chi connectivity index (χ0n) is 17.1. The molecular formula is C20H31BN4O3. The third-order valence-corrected chi connectivity index (χ3v) is 8.04. The third kappa shape index (κ3) is 2.68. The lowest BCUT2D eigenvalue weighted by atomic mass is 9.45. The number of nitrogens with one attached hydrogen (secondary N) is 1. The lowest BCUT2D eigenvalue weighted by Gasteiger charge is -2.63. The molecule has 2 aliphatic heterocycles. The lowest BCUT2D eigenvalue weighted by molar-refractivity contribution is -0.185. The van der Waals surface area contributed by atoms with E-state index in [-0.39, 0.29) is 30.7 Å². The first kappa shape index (κ1) is 18.6. The minimum atomic E-state index is -0.577. The highest BCUT2D eigenvalue weighted by Gasteiger charge is 2.67. The number of carbonyl (C=O) groups is 1. The molecule has 5 aliphatic rings. The van der Waals surface area contributed by atoms with E-state index in [4.69, 9.17) is 15.0 Å². The molecule has 1 aromatic rings. The van der Waals surface area contributed by atoms with Crippen LogP contribution in [-0.2, 0) is 20.5 Å². The SMILES string of the molecule is CC1(C)[C@@H]2C[C@H]1[C@H]1OB([C@@H]3CCCN3C(=O)[C@@H](N)Cc3cnc[nH]3)O[C@@]1(C)C2. The van der Waals surface area contributed by atoms with Gasteiger partial charge < -0.3 is 24.9 Å². The largest absolute Gasteiger partial charge is 0.481 e. The van der Waals surface area contributed by atoms with E-state index in [1.807, 2.05) is 4.90 Å². The van der Waals surface area contributed by atoms with E-state index >= 15 is 0 Å². The van der Waals surface area contributed by atoms with Crippen LogP contribution in [0.1, 0.15) is 52.1 Å². The van der Waals surface area contributed by atoms with Crippen LogP contribution in [0.25, 0.3) is 0 Å². The molecule has 6 rings (SSSR count). The zero-order valence-corrected chi connectivity index (χ0v) is 17.1. The Morgan fingerprint density at radius 1 is 1.50 bits per heavy atom. The smallest absolute Gasteiger partial charge is 0.404 e. The van der Waals surface area contributed by atoms with E-state index in [0.717, 1.165) is 31.5 Å². The van der Waals surface area contributed by atoms with Crippen molar-refractivity contribution >= 4 is 13.0 Å². The number of hydrogen-bond acceptors (Lipinski definition) is 5. The fraction of sp³-hybridized carbons (Fsp3) is 0.800. The molecule has 0 spiro atoms. The summed E-state index contributed by atoms with van der Waals surface area (Å²) in [5, 5.41) is 0. The summed E-state index contributed by atoms with van der Waals surface area (Å²) in [6.45, 7) is 7.66. The molecule has 3 aliphatic carbocycles. The highest BCUT2D eigenvalue weighted by molar-refractivity contribution is 6.48. The van der Waals surface area contributed by atoms with Crippen molar-refractivity contribution in [2.24, 2.45) is 23.0 Å². The van der Waals surface area contributed by atoms with Crippen LogP contribution in [0.4, 0.5) is 0 Å². The van der Waals surface area contributed by atoms with Gasteiger partial charge in [-0.15, -0.1) is 0 Å². The highest BCUT2D eigenvalue weighted by atomic mass is 16.7. The number of nitrogens with two attached hydrogens (primary N) is 1. The van der Waals surface area contributed by atoms with Gasteiger partial charge in [-0.3, -0.25) is 4.79 Å². The lowest BCUT2D eigenvalue weighted by Crippen LogP contribution is -2.63. The van der Waals surface area contributed by atoms with Crippen molar-refractivity contribution < 1.29 is 14.1 Å². The number of aromatic nitrogens is 2. The second-order valence-electron chi connectivity index (χ2n) is 10.0. The second kappa shape index (κ2) is 6.31. The van der Waals surface area contributed by atoms with Gasteiger partial charge >= 0.3 is 7.12 Å². The number of carbonyl (C=O) groups excluding carboxylic acids is 1. The van der Waals surface area contributed by atoms with Crippen LogP contribution < -0.4 is 5.73 Å². The van der Waals surface area contributed by atoms with Crippen molar-refractivity contribution in [1.29, 1.82) is 0 Å². The summed E-state index contributed by atoms with van der Waals surface area (Å²) < 4.78 is 13.1. The second-order valence-corrected chi connectivity index (χ2v) is 10.0. The standard InChI is InChI=1S/C20H31BN4O3/c1-19(2)12-7-14(19)17-20(3,9-12)28-21(27-17)16-5-4-6-25(16)18(26)15(22)8-13-10-23-11-24-13/h10-12,14-17H,4-9,22H2,1-3H3,(H,23,24)/t12-,14+,15+,16+,17-,20+/m1/s1. The molecule has 3 N–H and O–H groups in total. The minimum Gasteiger partial charge on any atom is -0.404 e. The van der Waals surface area contributed by atoms with Gasteiger partial charge in [0, 0.05) is 24.9 Å². The Bertz CT molecular complexity index is 757. The normalized spacial score (nSPS) is 39.6. The monoisotopic (exact) mass is 386 g/mol. The molecular weight excluding hydrogens is 355 g/mol. The van der Waals surface area contributed by atoms with Gasteiger partial charge in [0.25, 0.3) is 0 Å². The van der Waals surface area contributed by atoms with Gasteiger partial charge in [-0.25, -0.2) is 4.98 Å². The fourth-order valence-corrected chi connectivity index (χ4v) is 6.19. The molecule has 0 unspecified atom stereocenters. The van der Waals surface area contributed by atoms with Crippen molar-refractivity contribution in [2.45, 2.75) is 76.6 Å². The first-order valence-corrected chi connectivity index (χ1v) is 10.7. The van der Waals surface area contributed by atoms with Gasteiger partial charge in [0.05, 0.1) is 30.0 Å². The van der Waals surface area contributed by atoms with Gasteiger partial charge in [-0.05, 0) is 49.9 Å². The van der Waals surface area contributed by atoms with Crippen LogP contribution in [0.5, 0.6) is 0 Å². The van der Waals surface area contributed by atoms with Gasteiger partial charge in [-0.2, -0.15) is 0 Å². The Hall–Kier alpha value is -1.38. The van der Waals surface area contributed by atoms with E-state index in [2.05, 4.69) is 30.7 Å². The van der Waals surface area contributed by atoms with Crippen LogP contribution >= 0.6 is 0 Å². The maximum absolute atomic E-state index is 13.1. The summed E-state index contributed by atoms with van der Waals surface area (Å²) in [5.74, 6) is 1.21. The Balaban J connectivity index is 1.29. The number of imidazole rings is 1. The predicted octanol–water partition coefficient (Wildman–Crippen LogP) is 1.54. The third-order valence-electron chi connectivity index (χ3n) is 8.04. The number of amides is 1. The molecule has 1 amide bonds. The average molecular weight is 386 g/mol. The average Bonchev–Trinajstić information content (AvgIpc) is 3.38. The molecule has 6 atom stereocenters. The van der Waals surface area contributed by atoms with Gasteiger partial charge in [0.2, 0.25) is 5.91 Å². The number of rotatable bonds is 4. The molecule has 0 aromatic carbocycles. The number of nitrogens with zero attached hydrogens (tertiary/aromatic N) is 2. The summed E-state index contributed by atoms with van der Waals surface area (Å²) in [7, 11) is -0.337. The molecule has 1 aromatic heterocycles. The van der Waals surface area contributed by atoms with E-state index in [0.29, 0.717) is 23.7 Å². The first-order chi connectivity index (χ1) is 13.3. The van der Waals surface area contributed by atoms with Crippen LogP contribution in [0.3, 0.4) is 0 Å². The fourth-order valence-electron chi connectivity index (χ4n) is 6.19. The molecule has 0 radical (unpaired) electrons. The van der Waals surface area contributed by atoms with Crippen molar-refractivity contribution in [3.05, 3.63) is 18.2 Å². The van der Waals surface area contributed by atoms with Crippen molar-refractivity contribution in [3.63, 3.8) is 0 Å². The number of aromatic amines is 1. The van der Waals surface area contributed by atoms with Crippen LogP contribution in [-0.4, -0.2) is 58.1 Å². The van der Waals surface area contributed by atoms with Crippen LogP contribution in [0.15, 0.2) is 12.5 Å². The number of hydrogen-bond donors (Lipinski definition) is 2. The number of H-pyrrole nitrogens is 1.